The molecule has 2 aromatic rings. The minimum atomic E-state index is -4.58. The lowest BCUT2D eigenvalue weighted by Gasteiger charge is -2.11. The molecular formula is C17H12F5NO4. The predicted molar refractivity (Wildman–Crippen MR) is 83.4 cm³/mol. The average Bonchev–Trinajstić information content (AvgIpc) is 2.59. The van der Waals surface area contributed by atoms with Gasteiger partial charge in [0.15, 0.2) is 6.61 Å². The zero-order chi connectivity index (χ0) is 20.0. The lowest BCUT2D eigenvalue weighted by atomic mass is 10.2. The second kappa shape index (κ2) is 8.47. The summed E-state index contributed by atoms with van der Waals surface area (Å²) in [6.07, 6.45) is -4.58. The summed E-state index contributed by atoms with van der Waals surface area (Å²) in [5.74, 6) is -2.45. The molecule has 1 amide bonds. The maximum atomic E-state index is 12.6. The van der Waals surface area contributed by atoms with Crippen molar-refractivity contribution in [1.82, 2.24) is 0 Å². The normalized spacial score (nSPS) is 11.2. The largest absolute Gasteiger partial charge is 0.452 e. The topological polar surface area (TPSA) is 64.6 Å². The van der Waals surface area contributed by atoms with E-state index in [4.69, 9.17) is 0 Å². The number of carbonyl (C=O) groups excluding carboxylic acids is 2. The molecule has 2 aromatic carbocycles. The van der Waals surface area contributed by atoms with E-state index in [1.54, 1.807) is 0 Å². The van der Waals surface area contributed by atoms with E-state index in [2.05, 4.69) is 14.8 Å². The van der Waals surface area contributed by atoms with Gasteiger partial charge in [0.1, 0.15) is 11.3 Å². The summed E-state index contributed by atoms with van der Waals surface area (Å²) < 4.78 is 71.4. The molecule has 0 unspecified atom stereocenters. The first-order chi connectivity index (χ1) is 12.7. The molecule has 5 nitrogen and oxygen atoms in total. The van der Waals surface area contributed by atoms with Crippen molar-refractivity contribution in [2.75, 3.05) is 11.9 Å². The molecule has 0 saturated carbocycles. The Morgan fingerprint density at radius 3 is 2.41 bits per heavy atom. The number of esters is 1. The third kappa shape index (κ3) is 5.94. The lowest BCUT2D eigenvalue weighted by molar-refractivity contribution is -0.137. The molecule has 1 N–H and O–H groups in total. The fourth-order valence-electron chi connectivity index (χ4n) is 2.01. The number of hydrogen-bond acceptors (Lipinski definition) is 4. The number of nitrogens with one attached hydrogen (secondary N) is 1. The van der Waals surface area contributed by atoms with E-state index < -0.39 is 42.6 Å². The highest BCUT2D eigenvalue weighted by Crippen LogP contribution is 2.30. The molecule has 10 heteroatoms. The van der Waals surface area contributed by atoms with Crippen LogP contribution in [0.2, 0.25) is 0 Å². The Balaban J connectivity index is 1.97. The van der Waals surface area contributed by atoms with Gasteiger partial charge in [0.2, 0.25) is 0 Å². The van der Waals surface area contributed by atoms with E-state index in [-0.39, 0.29) is 11.3 Å². The minimum Gasteiger partial charge on any atom is -0.452 e. The molecule has 0 atom stereocenters. The molecule has 0 radical (unpaired) electrons. The van der Waals surface area contributed by atoms with E-state index in [9.17, 15) is 31.5 Å². The molecule has 0 spiro atoms. The Morgan fingerprint density at radius 2 is 1.74 bits per heavy atom. The van der Waals surface area contributed by atoms with Crippen LogP contribution in [0.5, 0.6) is 5.75 Å². The van der Waals surface area contributed by atoms with Gasteiger partial charge in [-0.15, -0.1) is 0 Å². The van der Waals surface area contributed by atoms with Crippen molar-refractivity contribution in [2.45, 2.75) is 12.8 Å². The molecule has 0 aromatic heterocycles. The molecule has 0 fully saturated rings. The Labute approximate surface area is 149 Å². The second-order valence-corrected chi connectivity index (χ2v) is 5.08. The minimum absolute atomic E-state index is 0.146. The van der Waals surface area contributed by atoms with E-state index in [0.29, 0.717) is 6.07 Å². The molecule has 0 saturated heterocycles. The van der Waals surface area contributed by atoms with Crippen molar-refractivity contribution >= 4 is 17.6 Å². The maximum absolute atomic E-state index is 12.6. The van der Waals surface area contributed by atoms with Crippen LogP contribution in [0.15, 0.2) is 48.5 Å². The zero-order valence-electron chi connectivity index (χ0n) is 13.4. The van der Waals surface area contributed by atoms with E-state index in [0.717, 1.165) is 24.3 Å². The summed E-state index contributed by atoms with van der Waals surface area (Å²) in [5.41, 5.74) is -1.44. The highest BCUT2D eigenvalue weighted by atomic mass is 19.4. The number of amides is 1. The van der Waals surface area contributed by atoms with Crippen LogP contribution >= 0.6 is 0 Å². The van der Waals surface area contributed by atoms with E-state index in [1.165, 1.54) is 18.2 Å². The number of benzene rings is 2. The van der Waals surface area contributed by atoms with E-state index in [1.807, 2.05) is 0 Å². The van der Waals surface area contributed by atoms with Gasteiger partial charge < -0.3 is 14.8 Å². The molecular weight excluding hydrogens is 377 g/mol. The molecule has 2 rings (SSSR count). The second-order valence-electron chi connectivity index (χ2n) is 5.08. The number of carbonyl (C=O) groups is 2. The Morgan fingerprint density at radius 1 is 1.04 bits per heavy atom. The molecule has 0 aliphatic heterocycles. The van der Waals surface area contributed by atoms with Gasteiger partial charge in [0.25, 0.3) is 5.91 Å². The predicted octanol–water partition coefficient (Wildman–Crippen LogP) is 4.10. The van der Waals surface area contributed by atoms with Crippen LogP contribution in [-0.4, -0.2) is 25.1 Å². The van der Waals surface area contributed by atoms with Gasteiger partial charge >= 0.3 is 18.8 Å². The standard InChI is InChI=1S/C17H12F5NO4/c18-16(19)27-13-7-2-1-6-12(13)15(25)26-9-14(24)23-11-5-3-4-10(8-11)17(20,21)22/h1-8,16H,9H2,(H,23,24). The summed E-state index contributed by atoms with van der Waals surface area (Å²) in [5, 5.41) is 2.14. The third-order valence-electron chi connectivity index (χ3n) is 3.13. The highest BCUT2D eigenvalue weighted by molar-refractivity contribution is 5.96. The smallest absolute Gasteiger partial charge is 0.416 e. The quantitative estimate of drug-likeness (QED) is 0.597. The van der Waals surface area contributed by atoms with E-state index >= 15 is 0 Å². The molecule has 0 bridgehead atoms. The summed E-state index contributed by atoms with van der Waals surface area (Å²) in [6, 6.07) is 8.87. The number of halogens is 5. The van der Waals surface area contributed by atoms with Gasteiger partial charge in [-0.05, 0) is 30.3 Å². The molecule has 0 heterocycles. The van der Waals surface area contributed by atoms with Crippen LogP contribution < -0.4 is 10.1 Å². The van der Waals surface area contributed by atoms with Gasteiger partial charge in [-0.3, -0.25) is 4.79 Å². The maximum Gasteiger partial charge on any atom is 0.416 e. The first kappa shape index (κ1) is 20.1. The van der Waals surface area contributed by atoms with Gasteiger partial charge in [-0.1, -0.05) is 18.2 Å². The number of hydrogen-bond donors (Lipinski definition) is 1. The van der Waals surface area contributed by atoms with Crippen LogP contribution in [-0.2, 0) is 15.7 Å². The summed E-state index contributed by atoms with van der Waals surface area (Å²) in [4.78, 5) is 23.7. The van der Waals surface area contributed by atoms with Crippen molar-refractivity contribution in [1.29, 1.82) is 0 Å². The Hall–Kier alpha value is -3.17. The number of para-hydroxylation sites is 1. The van der Waals surface area contributed by atoms with Crippen molar-refractivity contribution in [3.05, 3.63) is 59.7 Å². The highest BCUT2D eigenvalue weighted by Gasteiger charge is 2.30. The SMILES string of the molecule is O=C(COC(=O)c1ccccc1OC(F)F)Nc1cccc(C(F)(F)F)c1. The lowest BCUT2D eigenvalue weighted by Crippen LogP contribution is -2.21. The monoisotopic (exact) mass is 389 g/mol. The fraction of sp³-hybridized carbons (Fsp3) is 0.176. The van der Waals surface area contributed by atoms with Crippen molar-refractivity contribution in [3.8, 4) is 5.75 Å². The number of ether oxygens (including phenoxy) is 2. The van der Waals surface area contributed by atoms with Crippen LogP contribution in [0.1, 0.15) is 15.9 Å². The number of alkyl halides is 5. The zero-order valence-corrected chi connectivity index (χ0v) is 13.4. The summed E-state index contributed by atoms with van der Waals surface area (Å²) in [6.45, 7) is -4.00. The Bertz CT molecular complexity index is 823. The third-order valence-corrected chi connectivity index (χ3v) is 3.13. The average molecular weight is 389 g/mol. The fourth-order valence-corrected chi connectivity index (χ4v) is 2.01. The number of anilines is 1. The van der Waals surface area contributed by atoms with Crippen molar-refractivity contribution in [2.24, 2.45) is 0 Å². The van der Waals surface area contributed by atoms with Gasteiger partial charge in [-0.25, -0.2) is 4.79 Å². The van der Waals surface area contributed by atoms with Crippen LogP contribution in [0.25, 0.3) is 0 Å². The molecule has 27 heavy (non-hydrogen) atoms. The van der Waals surface area contributed by atoms with Gasteiger partial charge in [-0.2, -0.15) is 22.0 Å². The molecule has 0 aliphatic carbocycles. The molecule has 144 valence electrons. The Kier molecular flexibility index (Phi) is 6.32. The number of rotatable bonds is 6. The first-order valence-electron chi connectivity index (χ1n) is 7.35. The molecule has 0 aliphatic rings. The first-order valence-corrected chi connectivity index (χ1v) is 7.35. The van der Waals surface area contributed by atoms with Crippen LogP contribution in [0.4, 0.5) is 27.6 Å². The van der Waals surface area contributed by atoms with Gasteiger partial charge in [0.05, 0.1) is 5.56 Å². The van der Waals surface area contributed by atoms with Crippen molar-refractivity contribution < 1.29 is 41.0 Å². The van der Waals surface area contributed by atoms with Gasteiger partial charge in [0, 0.05) is 5.69 Å². The van der Waals surface area contributed by atoms with Crippen LogP contribution in [0, 0.1) is 0 Å². The summed E-state index contributed by atoms with van der Waals surface area (Å²) >= 11 is 0. The van der Waals surface area contributed by atoms with Crippen molar-refractivity contribution in [3.63, 3.8) is 0 Å². The summed E-state index contributed by atoms with van der Waals surface area (Å²) in [7, 11) is 0. The van der Waals surface area contributed by atoms with Crippen LogP contribution in [0.3, 0.4) is 0 Å².